The van der Waals surface area contributed by atoms with E-state index in [2.05, 4.69) is 67.7 Å². The van der Waals surface area contributed by atoms with Gasteiger partial charge in [0.25, 0.3) is 28.5 Å². The predicted molar refractivity (Wildman–Crippen MR) is 219 cm³/mol. The molecule has 306 valence electrons. The van der Waals surface area contributed by atoms with E-state index in [-0.39, 0.29) is 27.4 Å². The van der Waals surface area contributed by atoms with Crippen molar-refractivity contribution >= 4 is 34.5 Å². The molecule has 0 aromatic heterocycles. The van der Waals surface area contributed by atoms with Gasteiger partial charge in [-0.05, 0) is 146 Å². The molecular formula is C40H84O9Si2. The fourth-order valence-corrected chi connectivity index (χ4v) is 4.47. The quantitative estimate of drug-likeness (QED) is 0.160. The van der Waals surface area contributed by atoms with Crippen molar-refractivity contribution in [3.05, 3.63) is 11.5 Å². The molecule has 1 aliphatic rings. The molecule has 9 nitrogen and oxygen atoms in total. The summed E-state index contributed by atoms with van der Waals surface area (Å²) in [6, 6.07) is 0. The lowest BCUT2D eigenvalue weighted by molar-refractivity contribution is -0.152. The average molecular weight is 765 g/mol. The third-order valence-corrected chi connectivity index (χ3v) is 16.8. The van der Waals surface area contributed by atoms with Crippen molar-refractivity contribution in [2.45, 2.75) is 187 Å². The minimum Gasteiger partial charge on any atom is -0.519 e. The molecule has 0 aliphatic carbocycles. The van der Waals surface area contributed by atoms with Gasteiger partial charge in [-0.1, -0.05) is 41.5 Å². The summed E-state index contributed by atoms with van der Waals surface area (Å²) in [6.07, 6.45) is 3.93. The Morgan fingerprint density at radius 2 is 0.902 bits per heavy atom. The fraction of sp³-hybridized carbons (Fsp3) is 0.875. The van der Waals surface area contributed by atoms with Crippen molar-refractivity contribution in [3.63, 3.8) is 0 Å². The number of allylic oxidation sites excluding steroid dienone is 1. The Labute approximate surface area is 317 Å². The van der Waals surface area contributed by atoms with E-state index in [0.717, 1.165) is 24.7 Å². The van der Waals surface area contributed by atoms with Gasteiger partial charge >= 0.3 is 11.9 Å². The lowest BCUT2D eigenvalue weighted by atomic mass is 9.97. The van der Waals surface area contributed by atoms with Crippen molar-refractivity contribution in [2.24, 2.45) is 16.2 Å². The van der Waals surface area contributed by atoms with Crippen LogP contribution in [-0.2, 0) is 37.4 Å². The van der Waals surface area contributed by atoms with Gasteiger partial charge in [-0.2, -0.15) is 0 Å². The lowest BCUT2D eigenvalue weighted by Crippen LogP contribution is -2.45. The second kappa shape index (κ2) is 23.7. The molecular weight excluding hydrogens is 681 g/mol. The van der Waals surface area contributed by atoms with Crippen LogP contribution in [0, 0.1) is 16.2 Å². The number of carbonyl (C=O) groups excluding carboxylic acids is 2. The molecule has 0 saturated carbocycles. The first kappa shape index (κ1) is 55.9. The van der Waals surface area contributed by atoms with Gasteiger partial charge in [0.15, 0.2) is 0 Å². The smallest absolute Gasteiger partial charge is 0.311 e. The number of carboxylic acid groups (broad SMARTS) is 1. The van der Waals surface area contributed by atoms with Gasteiger partial charge in [0.05, 0.1) is 29.5 Å². The Balaban J connectivity index is -0.000000282. The van der Waals surface area contributed by atoms with E-state index in [0.29, 0.717) is 13.2 Å². The van der Waals surface area contributed by atoms with Gasteiger partial charge in [-0.15, -0.1) is 0 Å². The topological polar surface area (TPSA) is 118 Å². The number of rotatable bonds is 6. The van der Waals surface area contributed by atoms with E-state index in [4.69, 9.17) is 28.2 Å². The zero-order chi connectivity index (χ0) is 41.9. The van der Waals surface area contributed by atoms with Crippen LogP contribution in [0.1, 0.15) is 151 Å². The maximum absolute atomic E-state index is 11.7. The number of aliphatic carboxylic acids is 1. The molecule has 1 heterocycles. The standard InChI is InChI=1S/C12H26O2Si.C11H24O2Si.C7H14O2.C5H10O2.C5H10O/c1-9-13-11(10(2)3)14-15(7,8)12(4,5)6;1-10(2,3)9(12)13-14(7,8)11(4,5)6;1-5-9-6(8)7(2,3)4;1-5(2,3)4(6)7;1-2-4-6-5-3-1/h9H2,1-8H3;1-8H3;5H2,1-4H3;1-3H3,(H,6,7);1-5H2. The molecule has 0 bridgehead atoms. The summed E-state index contributed by atoms with van der Waals surface area (Å²) < 4.78 is 27.1. The van der Waals surface area contributed by atoms with Crippen molar-refractivity contribution in [1.29, 1.82) is 0 Å². The Kier molecular flexibility index (Phi) is 26.0. The molecule has 51 heavy (non-hydrogen) atoms. The van der Waals surface area contributed by atoms with Gasteiger partial charge in [0.1, 0.15) is 0 Å². The molecule has 1 N–H and O–H groups in total. The van der Waals surface area contributed by atoms with E-state index >= 15 is 0 Å². The summed E-state index contributed by atoms with van der Waals surface area (Å²) >= 11 is 0. The molecule has 11 heteroatoms. The van der Waals surface area contributed by atoms with Crippen LogP contribution in [-0.4, -0.2) is 66.1 Å². The van der Waals surface area contributed by atoms with Crippen molar-refractivity contribution in [1.82, 2.24) is 0 Å². The molecule has 0 aromatic rings. The summed E-state index contributed by atoms with van der Waals surface area (Å²) in [5.74, 6) is -0.245. The first-order valence-corrected chi connectivity index (χ1v) is 24.4. The molecule has 1 rings (SSSR count). The number of hydrogen-bond donors (Lipinski definition) is 1. The number of carboxylic acids is 1. The predicted octanol–water partition coefficient (Wildman–Crippen LogP) is 11.8. The summed E-state index contributed by atoms with van der Waals surface area (Å²) in [7, 11) is -3.68. The highest BCUT2D eigenvalue weighted by Crippen LogP contribution is 2.39. The molecule has 0 atom stereocenters. The first-order valence-electron chi connectivity index (χ1n) is 18.6. The summed E-state index contributed by atoms with van der Waals surface area (Å²) in [5, 5.41) is 8.55. The van der Waals surface area contributed by atoms with Crippen molar-refractivity contribution in [3.8, 4) is 0 Å². The maximum atomic E-state index is 11.7. The average Bonchev–Trinajstić information content (AvgIpc) is 2.92. The zero-order valence-corrected chi connectivity index (χ0v) is 39.7. The normalized spacial score (nSPS) is 13.8. The highest BCUT2D eigenvalue weighted by molar-refractivity contribution is 6.75. The van der Waals surface area contributed by atoms with Crippen LogP contribution in [0.25, 0.3) is 0 Å². The minimum absolute atomic E-state index is 0.0795. The molecule has 0 radical (unpaired) electrons. The van der Waals surface area contributed by atoms with Crippen LogP contribution < -0.4 is 0 Å². The number of carbonyl (C=O) groups is 3. The number of ether oxygens (including phenoxy) is 3. The summed E-state index contributed by atoms with van der Waals surface area (Å²) in [4.78, 5) is 32.6. The largest absolute Gasteiger partial charge is 0.519 e. The van der Waals surface area contributed by atoms with Gasteiger partial charge in [-0.25, -0.2) is 0 Å². The second-order valence-electron chi connectivity index (χ2n) is 19.2. The van der Waals surface area contributed by atoms with Crippen LogP contribution in [0.15, 0.2) is 11.5 Å². The summed E-state index contributed by atoms with van der Waals surface area (Å²) in [5.41, 5.74) is -0.215. The first-order chi connectivity index (χ1) is 22.4. The van der Waals surface area contributed by atoms with Crippen molar-refractivity contribution < 1.29 is 42.6 Å². The molecule has 0 amide bonds. The van der Waals surface area contributed by atoms with Crippen LogP contribution in [0.4, 0.5) is 0 Å². The summed E-state index contributed by atoms with van der Waals surface area (Å²) in [6.45, 7) is 48.9. The fourth-order valence-electron chi connectivity index (χ4n) is 2.36. The highest BCUT2D eigenvalue weighted by atomic mass is 28.4. The van der Waals surface area contributed by atoms with Crippen molar-refractivity contribution in [2.75, 3.05) is 26.4 Å². The molecule has 1 fully saturated rings. The zero-order valence-electron chi connectivity index (χ0n) is 37.7. The Hall–Kier alpha value is -1.86. The Bertz CT molecular complexity index is 1010. The minimum atomic E-state index is -1.93. The van der Waals surface area contributed by atoms with Gasteiger partial charge in [0, 0.05) is 18.8 Å². The third kappa shape index (κ3) is 28.3. The van der Waals surface area contributed by atoms with E-state index < -0.39 is 33.4 Å². The Morgan fingerprint density at radius 1 is 0.569 bits per heavy atom. The SMILES string of the molecule is C1CCOCC1.CC(C)(C)C(=O)O.CC(C)(C)C(=O)O[Si](C)(C)C(C)(C)C.CCOC(=O)C(C)(C)C.CCOC(O[Si](C)(C)C(C)(C)C)=C(C)C. The monoisotopic (exact) mass is 765 g/mol. The second-order valence-corrected chi connectivity index (χ2v) is 28.6. The lowest BCUT2D eigenvalue weighted by Gasteiger charge is -2.37. The number of esters is 1. The third-order valence-electron chi connectivity index (χ3n) is 8.21. The highest BCUT2D eigenvalue weighted by Gasteiger charge is 2.42. The molecule has 0 aromatic carbocycles. The molecule has 0 unspecified atom stereocenters. The molecule has 1 saturated heterocycles. The van der Waals surface area contributed by atoms with Crippen LogP contribution in [0.2, 0.25) is 36.3 Å². The van der Waals surface area contributed by atoms with E-state index in [1.54, 1.807) is 20.8 Å². The molecule has 1 aliphatic heterocycles. The Morgan fingerprint density at radius 3 is 1.08 bits per heavy atom. The maximum Gasteiger partial charge on any atom is 0.311 e. The van der Waals surface area contributed by atoms with E-state index in [1.165, 1.54) is 19.3 Å². The van der Waals surface area contributed by atoms with E-state index in [1.807, 2.05) is 69.2 Å². The van der Waals surface area contributed by atoms with Crippen LogP contribution in [0.3, 0.4) is 0 Å². The van der Waals surface area contributed by atoms with Crippen LogP contribution in [0.5, 0.6) is 0 Å². The van der Waals surface area contributed by atoms with Crippen LogP contribution >= 0.6 is 0 Å². The van der Waals surface area contributed by atoms with Gasteiger partial charge in [0.2, 0.25) is 0 Å². The molecule has 0 spiro atoms. The number of hydrogen-bond acceptors (Lipinski definition) is 8. The van der Waals surface area contributed by atoms with Gasteiger partial charge in [-0.3, -0.25) is 14.4 Å². The van der Waals surface area contributed by atoms with E-state index in [9.17, 15) is 14.4 Å². The van der Waals surface area contributed by atoms with Gasteiger partial charge < -0.3 is 28.2 Å².